The Kier molecular flexibility index (Phi) is 4.50. The monoisotopic (exact) mass is 246 g/mol. The van der Waals surface area contributed by atoms with E-state index in [-0.39, 0.29) is 5.78 Å². The summed E-state index contributed by atoms with van der Waals surface area (Å²) in [6.45, 7) is 6.38. The summed E-state index contributed by atoms with van der Waals surface area (Å²) >= 11 is 0. The van der Waals surface area contributed by atoms with E-state index in [1.165, 1.54) is 0 Å². The van der Waals surface area contributed by atoms with Crippen molar-refractivity contribution in [3.63, 3.8) is 0 Å². The molecular formula is C15H22N2O. The van der Waals surface area contributed by atoms with Gasteiger partial charge in [-0.3, -0.25) is 9.69 Å². The molecule has 0 bridgehead atoms. The van der Waals surface area contributed by atoms with Crippen LogP contribution in [0.25, 0.3) is 0 Å². The zero-order chi connectivity index (χ0) is 13.0. The minimum absolute atomic E-state index is 0.252. The Labute approximate surface area is 109 Å². The molecule has 0 aliphatic carbocycles. The maximum atomic E-state index is 12.0. The van der Waals surface area contributed by atoms with Crippen molar-refractivity contribution in [1.82, 2.24) is 9.80 Å². The summed E-state index contributed by atoms with van der Waals surface area (Å²) in [7, 11) is 2.16. The maximum Gasteiger partial charge on any atom is 0.164 e. The highest BCUT2D eigenvalue weighted by Crippen LogP contribution is 2.10. The third-order valence-corrected chi connectivity index (χ3v) is 3.69. The van der Waals surface area contributed by atoms with E-state index < -0.39 is 0 Å². The topological polar surface area (TPSA) is 23.6 Å². The maximum absolute atomic E-state index is 12.0. The molecule has 2 rings (SSSR count). The highest BCUT2D eigenvalue weighted by molar-refractivity contribution is 5.96. The van der Waals surface area contributed by atoms with Crippen LogP contribution in [0.1, 0.15) is 23.7 Å². The van der Waals surface area contributed by atoms with Crippen molar-refractivity contribution in [3.05, 3.63) is 35.9 Å². The zero-order valence-electron chi connectivity index (χ0n) is 11.3. The van der Waals surface area contributed by atoms with Gasteiger partial charge < -0.3 is 4.90 Å². The number of carbonyl (C=O) groups excluding carboxylic acids is 1. The van der Waals surface area contributed by atoms with Crippen LogP contribution in [-0.2, 0) is 0 Å². The summed E-state index contributed by atoms with van der Waals surface area (Å²) in [5.74, 6) is 0.252. The number of piperazine rings is 1. The minimum atomic E-state index is 0.252. The van der Waals surface area contributed by atoms with Gasteiger partial charge >= 0.3 is 0 Å². The van der Waals surface area contributed by atoms with E-state index in [0.717, 1.165) is 31.7 Å². The number of likely N-dealkylation sites (N-methyl/N-ethyl adjacent to an activating group) is 1. The Bertz CT molecular complexity index is 391. The first-order chi connectivity index (χ1) is 8.66. The van der Waals surface area contributed by atoms with Gasteiger partial charge in [0.15, 0.2) is 5.78 Å². The number of Topliss-reactive ketones (excluding diaryl/α,β-unsaturated/α-hetero) is 1. The second kappa shape index (κ2) is 6.12. The number of hydrogen-bond donors (Lipinski definition) is 0. The van der Waals surface area contributed by atoms with Crippen LogP contribution in [0.5, 0.6) is 0 Å². The zero-order valence-corrected chi connectivity index (χ0v) is 11.3. The van der Waals surface area contributed by atoms with E-state index in [1.54, 1.807) is 0 Å². The predicted molar refractivity (Wildman–Crippen MR) is 73.9 cm³/mol. The van der Waals surface area contributed by atoms with Crippen molar-refractivity contribution >= 4 is 5.78 Å². The fraction of sp³-hybridized carbons (Fsp3) is 0.533. The van der Waals surface area contributed by atoms with E-state index in [4.69, 9.17) is 0 Å². The van der Waals surface area contributed by atoms with Gasteiger partial charge in [-0.15, -0.1) is 0 Å². The molecule has 1 aromatic rings. The average Bonchev–Trinajstić information content (AvgIpc) is 2.38. The van der Waals surface area contributed by atoms with Crippen molar-refractivity contribution in [1.29, 1.82) is 0 Å². The van der Waals surface area contributed by atoms with Gasteiger partial charge in [-0.05, 0) is 14.0 Å². The molecule has 3 nitrogen and oxygen atoms in total. The predicted octanol–water partition coefficient (Wildman–Crippen LogP) is 1.90. The molecule has 1 unspecified atom stereocenters. The minimum Gasteiger partial charge on any atom is -0.304 e. The van der Waals surface area contributed by atoms with Gasteiger partial charge in [0.05, 0.1) is 0 Å². The largest absolute Gasteiger partial charge is 0.304 e. The third kappa shape index (κ3) is 3.40. The Morgan fingerprint density at radius 3 is 2.67 bits per heavy atom. The molecule has 1 fully saturated rings. The van der Waals surface area contributed by atoms with Crippen LogP contribution in [0.15, 0.2) is 30.3 Å². The Morgan fingerprint density at radius 1 is 1.28 bits per heavy atom. The molecule has 0 spiro atoms. The Hall–Kier alpha value is -1.19. The number of rotatable bonds is 4. The van der Waals surface area contributed by atoms with Crippen LogP contribution in [-0.4, -0.2) is 54.9 Å². The molecule has 0 N–H and O–H groups in total. The quantitative estimate of drug-likeness (QED) is 0.758. The van der Waals surface area contributed by atoms with Crippen LogP contribution < -0.4 is 0 Å². The summed E-state index contributed by atoms with van der Waals surface area (Å²) in [5, 5.41) is 0. The lowest BCUT2D eigenvalue weighted by molar-refractivity contribution is 0.0843. The Balaban J connectivity index is 1.83. The average molecular weight is 246 g/mol. The molecule has 1 heterocycles. The van der Waals surface area contributed by atoms with E-state index in [0.29, 0.717) is 12.5 Å². The molecule has 0 saturated carbocycles. The van der Waals surface area contributed by atoms with Crippen LogP contribution in [0.3, 0.4) is 0 Å². The van der Waals surface area contributed by atoms with E-state index in [1.807, 2.05) is 30.3 Å². The van der Waals surface area contributed by atoms with Gasteiger partial charge in [-0.25, -0.2) is 0 Å². The molecule has 3 heteroatoms. The second-order valence-corrected chi connectivity index (χ2v) is 5.19. The molecule has 1 aliphatic heterocycles. The van der Waals surface area contributed by atoms with Crippen molar-refractivity contribution < 1.29 is 4.79 Å². The summed E-state index contributed by atoms with van der Waals surface area (Å²) in [4.78, 5) is 16.8. The highest BCUT2D eigenvalue weighted by Gasteiger charge is 2.21. The lowest BCUT2D eigenvalue weighted by Crippen LogP contribution is -2.50. The standard InChI is InChI=1S/C15H22N2O/c1-13-12-16(2)10-11-17(13)9-8-15(18)14-6-4-3-5-7-14/h3-7,13H,8-12H2,1-2H3. The van der Waals surface area contributed by atoms with Crippen molar-refractivity contribution in [2.24, 2.45) is 0 Å². The number of nitrogens with zero attached hydrogens (tertiary/aromatic N) is 2. The molecule has 0 amide bonds. The van der Waals surface area contributed by atoms with Gasteiger partial charge in [-0.2, -0.15) is 0 Å². The molecule has 0 aromatic heterocycles. The highest BCUT2D eigenvalue weighted by atomic mass is 16.1. The lowest BCUT2D eigenvalue weighted by atomic mass is 10.1. The first kappa shape index (κ1) is 13.2. The van der Waals surface area contributed by atoms with Gasteiger partial charge in [0, 0.05) is 44.2 Å². The van der Waals surface area contributed by atoms with Crippen LogP contribution >= 0.6 is 0 Å². The SMILES string of the molecule is CC1CN(C)CCN1CCC(=O)c1ccccc1. The molecule has 0 radical (unpaired) electrons. The van der Waals surface area contributed by atoms with Crippen LogP contribution in [0.4, 0.5) is 0 Å². The fourth-order valence-electron chi connectivity index (χ4n) is 2.52. The molecule has 1 aliphatic rings. The molecule has 1 saturated heterocycles. The van der Waals surface area contributed by atoms with Crippen molar-refractivity contribution in [3.8, 4) is 0 Å². The summed E-state index contributed by atoms with van der Waals surface area (Å²) in [6, 6.07) is 10.1. The number of benzene rings is 1. The summed E-state index contributed by atoms with van der Waals surface area (Å²) in [5.41, 5.74) is 0.833. The first-order valence-corrected chi connectivity index (χ1v) is 6.67. The Morgan fingerprint density at radius 2 is 2.00 bits per heavy atom. The van der Waals surface area contributed by atoms with Gasteiger partial charge in [0.25, 0.3) is 0 Å². The van der Waals surface area contributed by atoms with E-state index in [9.17, 15) is 4.79 Å². The third-order valence-electron chi connectivity index (χ3n) is 3.69. The number of hydrogen-bond acceptors (Lipinski definition) is 3. The van der Waals surface area contributed by atoms with Crippen molar-refractivity contribution in [2.75, 3.05) is 33.2 Å². The number of ketones is 1. The van der Waals surface area contributed by atoms with E-state index in [2.05, 4.69) is 23.8 Å². The molecular weight excluding hydrogens is 224 g/mol. The lowest BCUT2D eigenvalue weighted by Gasteiger charge is -2.38. The van der Waals surface area contributed by atoms with Gasteiger partial charge in [-0.1, -0.05) is 30.3 Å². The van der Waals surface area contributed by atoms with Crippen LogP contribution in [0, 0.1) is 0 Å². The summed E-state index contributed by atoms with van der Waals surface area (Å²) in [6.07, 6.45) is 0.623. The van der Waals surface area contributed by atoms with E-state index >= 15 is 0 Å². The van der Waals surface area contributed by atoms with Gasteiger partial charge in [0.2, 0.25) is 0 Å². The molecule has 1 aromatic carbocycles. The second-order valence-electron chi connectivity index (χ2n) is 5.19. The van der Waals surface area contributed by atoms with Crippen molar-refractivity contribution in [2.45, 2.75) is 19.4 Å². The summed E-state index contributed by atoms with van der Waals surface area (Å²) < 4.78 is 0. The van der Waals surface area contributed by atoms with Gasteiger partial charge in [0.1, 0.15) is 0 Å². The molecule has 1 atom stereocenters. The normalized spacial score (nSPS) is 22.0. The van der Waals surface area contributed by atoms with Crippen LogP contribution in [0.2, 0.25) is 0 Å². The smallest absolute Gasteiger partial charge is 0.164 e. The number of carbonyl (C=O) groups is 1. The first-order valence-electron chi connectivity index (χ1n) is 6.67. The molecule has 98 valence electrons. The fourth-order valence-corrected chi connectivity index (χ4v) is 2.52. The molecule has 18 heavy (non-hydrogen) atoms.